The number of carbonyl (C=O) groups is 1. The summed E-state index contributed by atoms with van der Waals surface area (Å²) in [4.78, 5) is 11.0. The van der Waals surface area contributed by atoms with Crippen molar-refractivity contribution in [2.45, 2.75) is 0 Å². The number of hydrogen-bond acceptors (Lipinski definition) is 3. The Labute approximate surface area is 96.3 Å². The topological polar surface area (TPSA) is 81.1 Å². The Bertz CT molecular complexity index is 573. The van der Waals surface area contributed by atoms with Gasteiger partial charge in [-0.3, -0.25) is 4.68 Å². The third-order valence-electron chi connectivity index (χ3n) is 2.40. The first-order valence-electron chi connectivity index (χ1n) is 4.82. The van der Waals surface area contributed by atoms with Crippen LogP contribution >= 0.6 is 0 Å². The Morgan fingerprint density at radius 1 is 1.47 bits per heavy atom. The first-order chi connectivity index (χ1) is 7.99. The number of benzene rings is 1. The molecule has 5 nitrogen and oxygen atoms in total. The van der Waals surface area contributed by atoms with Crippen molar-refractivity contribution in [2.24, 2.45) is 7.05 Å². The van der Waals surface area contributed by atoms with Crippen LogP contribution in [0.25, 0.3) is 11.3 Å². The SMILES string of the molecule is Cn1nc(-c2ccc(F)cc2C(=O)O)cc1N. The molecule has 6 heteroatoms. The fraction of sp³-hybridized carbons (Fsp3) is 0.0909. The molecule has 88 valence electrons. The lowest BCUT2D eigenvalue weighted by atomic mass is 10.0. The lowest BCUT2D eigenvalue weighted by molar-refractivity contribution is 0.0697. The van der Waals surface area contributed by atoms with E-state index in [1.807, 2.05) is 0 Å². The van der Waals surface area contributed by atoms with E-state index in [0.29, 0.717) is 17.1 Å². The van der Waals surface area contributed by atoms with Gasteiger partial charge in [-0.25, -0.2) is 9.18 Å². The summed E-state index contributed by atoms with van der Waals surface area (Å²) in [6, 6.07) is 5.06. The summed E-state index contributed by atoms with van der Waals surface area (Å²) < 4.78 is 14.4. The third-order valence-corrected chi connectivity index (χ3v) is 2.40. The second-order valence-electron chi connectivity index (χ2n) is 3.57. The smallest absolute Gasteiger partial charge is 0.336 e. The van der Waals surface area contributed by atoms with Crippen molar-refractivity contribution in [1.29, 1.82) is 0 Å². The highest BCUT2D eigenvalue weighted by molar-refractivity contribution is 5.95. The molecule has 0 amide bonds. The lowest BCUT2D eigenvalue weighted by Gasteiger charge is -2.02. The van der Waals surface area contributed by atoms with Gasteiger partial charge in [-0.15, -0.1) is 0 Å². The fourth-order valence-electron chi connectivity index (χ4n) is 1.53. The third kappa shape index (κ3) is 1.96. The van der Waals surface area contributed by atoms with Crippen molar-refractivity contribution in [3.63, 3.8) is 0 Å². The van der Waals surface area contributed by atoms with Crippen LogP contribution in [0.5, 0.6) is 0 Å². The molecule has 1 heterocycles. The van der Waals surface area contributed by atoms with E-state index >= 15 is 0 Å². The molecule has 0 saturated carbocycles. The number of carboxylic acids is 1. The van der Waals surface area contributed by atoms with Crippen LogP contribution in [0.4, 0.5) is 10.2 Å². The predicted molar refractivity (Wildman–Crippen MR) is 60.0 cm³/mol. The highest BCUT2D eigenvalue weighted by Gasteiger charge is 2.15. The molecular formula is C11H10FN3O2. The second-order valence-corrected chi connectivity index (χ2v) is 3.57. The van der Waals surface area contributed by atoms with Gasteiger partial charge < -0.3 is 10.8 Å². The predicted octanol–water partition coefficient (Wildman–Crippen LogP) is 1.51. The lowest BCUT2D eigenvalue weighted by Crippen LogP contribution is -2.01. The summed E-state index contributed by atoms with van der Waals surface area (Å²) in [6.07, 6.45) is 0. The van der Waals surface area contributed by atoms with Crippen molar-refractivity contribution in [3.05, 3.63) is 35.6 Å². The van der Waals surface area contributed by atoms with Crippen molar-refractivity contribution >= 4 is 11.8 Å². The highest BCUT2D eigenvalue weighted by atomic mass is 19.1. The molecule has 0 fully saturated rings. The minimum atomic E-state index is -1.20. The van der Waals surface area contributed by atoms with Crippen molar-refractivity contribution in [3.8, 4) is 11.3 Å². The molecule has 0 saturated heterocycles. The Kier molecular flexibility index (Phi) is 2.55. The molecule has 17 heavy (non-hydrogen) atoms. The van der Waals surface area contributed by atoms with Crippen LogP contribution in [0.1, 0.15) is 10.4 Å². The Morgan fingerprint density at radius 3 is 2.71 bits per heavy atom. The van der Waals surface area contributed by atoms with Crippen LogP contribution < -0.4 is 5.73 Å². The Hall–Kier alpha value is -2.37. The quantitative estimate of drug-likeness (QED) is 0.826. The van der Waals surface area contributed by atoms with Gasteiger partial charge in [-0.05, 0) is 18.2 Å². The molecule has 0 unspecified atom stereocenters. The minimum absolute atomic E-state index is 0.136. The first-order valence-corrected chi connectivity index (χ1v) is 4.82. The van der Waals surface area contributed by atoms with E-state index in [4.69, 9.17) is 10.8 Å². The van der Waals surface area contributed by atoms with Crippen molar-refractivity contribution in [2.75, 3.05) is 5.73 Å². The van der Waals surface area contributed by atoms with E-state index in [2.05, 4.69) is 5.10 Å². The second kappa shape index (κ2) is 3.89. The molecule has 0 aliphatic carbocycles. The maximum absolute atomic E-state index is 13.0. The zero-order valence-corrected chi connectivity index (χ0v) is 9.01. The van der Waals surface area contributed by atoms with Crippen LogP contribution in [0.3, 0.4) is 0 Å². The van der Waals surface area contributed by atoms with E-state index in [1.165, 1.54) is 16.8 Å². The van der Waals surface area contributed by atoms with E-state index in [-0.39, 0.29) is 5.56 Å². The zero-order chi connectivity index (χ0) is 12.6. The van der Waals surface area contributed by atoms with E-state index in [0.717, 1.165) is 6.07 Å². The average Bonchev–Trinajstić information content (AvgIpc) is 2.59. The van der Waals surface area contributed by atoms with E-state index < -0.39 is 11.8 Å². The normalized spacial score (nSPS) is 10.5. The Balaban J connectivity index is 2.62. The number of nitrogen functional groups attached to an aromatic ring is 1. The molecular weight excluding hydrogens is 225 g/mol. The van der Waals surface area contributed by atoms with E-state index in [1.54, 1.807) is 13.1 Å². The number of hydrogen-bond donors (Lipinski definition) is 2. The number of rotatable bonds is 2. The Morgan fingerprint density at radius 2 is 2.18 bits per heavy atom. The first kappa shape index (κ1) is 11.1. The summed E-state index contributed by atoms with van der Waals surface area (Å²) >= 11 is 0. The van der Waals surface area contributed by atoms with Gasteiger partial charge in [-0.1, -0.05) is 0 Å². The van der Waals surface area contributed by atoms with Crippen LogP contribution in [-0.4, -0.2) is 20.9 Å². The molecule has 2 aromatic rings. The van der Waals surface area contributed by atoms with Crippen LogP contribution in [-0.2, 0) is 7.05 Å². The maximum Gasteiger partial charge on any atom is 0.336 e. The van der Waals surface area contributed by atoms with Gasteiger partial charge in [0.2, 0.25) is 0 Å². The fourth-order valence-corrected chi connectivity index (χ4v) is 1.53. The van der Waals surface area contributed by atoms with E-state index in [9.17, 15) is 9.18 Å². The summed E-state index contributed by atoms with van der Waals surface area (Å²) in [5.74, 6) is -1.40. The van der Waals surface area contributed by atoms with Gasteiger partial charge in [0.15, 0.2) is 0 Å². The van der Waals surface area contributed by atoms with Crippen LogP contribution in [0.15, 0.2) is 24.3 Å². The minimum Gasteiger partial charge on any atom is -0.478 e. The molecule has 3 N–H and O–H groups in total. The van der Waals surface area contributed by atoms with Crippen molar-refractivity contribution < 1.29 is 14.3 Å². The monoisotopic (exact) mass is 235 g/mol. The van der Waals surface area contributed by atoms with Gasteiger partial charge in [0.25, 0.3) is 0 Å². The summed E-state index contributed by atoms with van der Waals surface area (Å²) in [6.45, 7) is 0. The molecule has 2 rings (SSSR count). The van der Waals surface area contributed by atoms with Gasteiger partial charge >= 0.3 is 5.97 Å². The number of anilines is 1. The van der Waals surface area contributed by atoms with Gasteiger partial charge in [-0.2, -0.15) is 5.10 Å². The average molecular weight is 235 g/mol. The number of nitrogens with zero attached hydrogens (tertiary/aromatic N) is 2. The number of carboxylic acid groups (broad SMARTS) is 1. The number of aryl methyl sites for hydroxylation is 1. The van der Waals surface area contributed by atoms with Crippen molar-refractivity contribution in [1.82, 2.24) is 9.78 Å². The zero-order valence-electron chi connectivity index (χ0n) is 9.01. The summed E-state index contributed by atoms with van der Waals surface area (Å²) in [7, 11) is 1.64. The number of aromatic carboxylic acids is 1. The molecule has 0 bridgehead atoms. The number of aromatic nitrogens is 2. The molecule has 0 spiro atoms. The number of halogens is 1. The molecule has 0 atom stereocenters. The highest BCUT2D eigenvalue weighted by Crippen LogP contribution is 2.24. The summed E-state index contributed by atoms with van der Waals surface area (Å²) in [5, 5.41) is 13.1. The largest absolute Gasteiger partial charge is 0.478 e. The van der Waals surface area contributed by atoms with Gasteiger partial charge in [0, 0.05) is 18.7 Å². The standard InChI is InChI=1S/C11H10FN3O2/c1-15-10(13)5-9(14-15)7-3-2-6(12)4-8(7)11(16)17/h2-5H,13H2,1H3,(H,16,17). The van der Waals surface area contributed by atoms with Crippen LogP contribution in [0, 0.1) is 5.82 Å². The van der Waals surface area contributed by atoms with Gasteiger partial charge in [0.05, 0.1) is 11.3 Å². The number of nitrogens with two attached hydrogens (primary N) is 1. The molecule has 1 aromatic heterocycles. The van der Waals surface area contributed by atoms with Gasteiger partial charge in [0.1, 0.15) is 11.6 Å². The molecule has 0 aliphatic rings. The molecule has 1 aromatic carbocycles. The maximum atomic E-state index is 13.0. The van der Waals surface area contributed by atoms with Crippen LogP contribution in [0.2, 0.25) is 0 Å². The summed E-state index contributed by atoms with van der Waals surface area (Å²) in [5.41, 5.74) is 6.22. The molecule has 0 aliphatic heterocycles. The molecule has 0 radical (unpaired) electrons.